The summed E-state index contributed by atoms with van der Waals surface area (Å²) in [5.74, 6) is 0. The van der Waals surface area contributed by atoms with Gasteiger partial charge in [-0.1, -0.05) is 60.1 Å². The van der Waals surface area contributed by atoms with Crippen LogP contribution in [0.1, 0.15) is 32.5 Å². The van der Waals surface area contributed by atoms with Crippen LogP contribution < -0.4 is 10.2 Å². The Balaban J connectivity index is 0.000000388. The van der Waals surface area contributed by atoms with Crippen LogP contribution in [0.2, 0.25) is 0 Å². The highest BCUT2D eigenvalue weighted by Gasteiger charge is 2.29. The van der Waals surface area contributed by atoms with Crippen molar-refractivity contribution in [3.8, 4) is 0 Å². The van der Waals surface area contributed by atoms with Crippen LogP contribution in [0.5, 0.6) is 0 Å². The van der Waals surface area contributed by atoms with Crippen molar-refractivity contribution in [2.24, 2.45) is 0 Å². The minimum Gasteiger partial charge on any atom is -0.394 e. The van der Waals surface area contributed by atoms with Gasteiger partial charge in [0, 0.05) is 23.7 Å². The summed E-state index contributed by atoms with van der Waals surface area (Å²) in [6, 6.07) is 16.8. The Hall–Kier alpha value is -1.56. The molecule has 5 heteroatoms. The molecule has 2 aromatic carbocycles. The first-order valence-corrected chi connectivity index (χ1v) is 9.48. The summed E-state index contributed by atoms with van der Waals surface area (Å²) in [7, 11) is 1.55. The number of nitrogens with zero attached hydrogens (tertiary/aromatic N) is 1. The normalized spacial score (nSPS) is 14.5. The lowest BCUT2D eigenvalue weighted by Crippen LogP contribution is -2.27. The van der Waals surface area contributed by atoms with Crippen molar-refractivity contribution in [3.05, 3.63) is 58.6 Å². The number of para-hydroxylation sites is 2. The van der Waals surface area contributed by atoms with Gasteiger partial charge in [0.05, 0.1) is 24.6 Å². The molecule has 138 valence electrons. The summed E-state index contributed by atoms with van der Waals surface area (Å²) < 4.78 is 5.59. The minimum absolute atomic E-state index is 0.122. The fourth-order valence-electron chi connectivity index (χ4n) is 2.60. The first-order valence-electron chi connectivity index (χ1n) is 8.69. The Bertz CT molecular complexity index is 620. The fourth-order valence-corrected chi connectivity index (χ4v) is 3.10. The maximum atomic E-state index is 7.94. The molecule has 3 rings (SSSR count). The highest BCUT2D eigenvalue weighted by molar-refractivity contribution is 9.10. The van der Waals surface area contributed by atoms with Gasteiger partial charge < -0.3 is 20.1 Å². The van der Waals surface area contributed by atoms with Gasteiger partial charge in [0.1, 0.15) is 6.17 Å². The van der Waals surface area contributed by atoms with E-state index in [0.29, 0.717) is 6.61 Å². The predicted octanol–water partition coefficient (Wildman–Crippen LogP) is 5.05. The van der Waals surface area contributed by atoms with Gasteiger partial charge in [-0.15, -0.1) is 0 Å². The van der Waals surface area contributed by atoms with Gasteiger partial charge >= 0.3 is 0 Å². The van der Waals surface area contributed by atoms with E-state index in [0.717, 1.165) is 11.0 Å². The molecule has 0 saturated heterocycles. The molecule has 1 atom stereocenters. The second-order valence-corrected chi connectivity index (χ2v) is 5.94. The topological polar surface area (TPSA) is 44.7 Å². The van der Waals surface area contributed by atoms with Crippen molar-refractivity contribution in [1.29, 1.82) is 0 Å². The largest absolute Gasteiger partial charge is 0.394 e. The molecular formula is C20H29BrN2O2. The fraction of sp³-hybridized carbons (Fsp3) is 0.400. The number of aliphatic hydroxyl groups excluding tert-OH is 1. The molecule has 2 aromatic rings. The van der Waals surface area contributed by atoms with E-state index in [2.05, 4.69) is 80.3 Å². The van der Waals surface area contributed by atoms with Crippen LogP contribution in [0.4, 0.5) is 11.4 Å². The van der Waals surface area contributed by atoms with Crippen LogP contribution in [0.3, 0.4) is 0 Å². The average Bonchev–Trinajstić information content (AvgIpc) is 3.03. The maximum Gasteiger partial charge on any atom is 0.127 e. The van der Waals surface area contributed by atoms with Crippen LogP contribution in [0.15, 0.2) is 53.0 Å². The van der Waals surface area contributed by atoms with Crippen LogP contribution in [0.25, 0.3) is 0 Å². The summed E-state index contributed by atoms with van der Waals surface area (Å²) >= 11 is 3.64. The third kappa shape index (κ3) is 5.73. The highest BCUT2D eigenvalue weighted by atomic mass is 79.9. The van der Waals surface area contributed by atoms with Gasteiger partial charge in [0.25, 0.3) is 0 Å². The van der Waals surface area contributed by atoms with Crippen molar-refractivity contribution < 1.29 is 9.84 Å². The Morgan fingerprint density at radius 1 is 1.12 bits per heavy atom. The molecule has 1 unspecified atom stereocenters. The van der Waals surface area contributed by atoms with E-state index < -0.39 is 0 Å². The lowest BCUT2D eigenvalue weighted by Gasteiger charge is -2.26. The first kappa shape index (κ1) is 21.5. The number of methoxy groups -OCH3 is 1. The molecule has 2 N–H and O–H groups in total. The lowest BCUT2D eigenvalue weighted by molar-refractivity contribution is 0.135. The first-order chi connectivity index (χ1) is 12.2. The zero-order chi connectivity index (χ0) is 18.7. The number of fused-ring (bicyclic) bond motifs is 1. The monoisotopic (exact) mass is 408 g/mol. The van der Waals surface area contributed by atoms with Gasteiger partial charge in [0.2, 0.25) is 0 Å². The second kappa shape index (κ2) is 11.9. The van der Waals surface area contributed by atoms with Gasteiger partial charge in [-0.25, -0.2) is 0 Å². The number of ether oxygens (including phenoxy) is 1. The molecule has 0 radical (unpaired) electrons. The number of aliphatic hydroxyl groups is 1. The highest BCUT2D eigenvalue weighted by Crippen LogP contribution is 2.42. The molecule has 1 heterocycles. The number of halogens is 1. The van der Waals surface area contributed by atoms with E-state index in [1.54, 1.807) is 7.11 Å². The van der Waals surface area contributed by atoms with E-state index in [-0.39, 0.29) is 12.8 Å². The van der Waals surface area contributed by atoms with Gasteiger partial charge in [-0.2, -0.15) is 0 Å². The van der Waals surface area contributed by atoms with Crippen molar-refractivity contribution in [1.82, 2.24) is 0 Å². The van der Waals surface area contributed by atoms with Crippen LogP contribution in [-0.2, 0) is 4.74 Å². The Kier molecular flexibility index (Phi) is 10.2. The van der Waals surface area contributed by atoms with E-state index in [9.17, 15) is 0 Å². The third-order valence-corrected chi connectivity index (χ3v) is 4.38. The van der Waals surface area contributed by atoms with Crippen molar-refractivity contribution >= 4 is 27.3 Å². The molecule has 0 aliphatic carbocycles. The minimum atomic E-state index is 0.122. The Labute approximate surface area is 159 Å². The zero-order valence-electron chi connectivity index (χ0n) is 15.5. The quantitative estimate of drug-likeness (QED) is 0.742. The third-order valence-electron chi connectivity index (χ3n) is 3.65. The maximum absolute atomic E-state index is 7.94. The molecule has 0 saturated carbocycles. The summed E-state index contributed by atoms with van der Waals surface area (Å²) in [5, 5.41) is 11.5. The van der Waals surface area contributed by atoms with Gasteiger partial charge in [0.15, 0.2) is 0 Å². The molecule has 0 fully saturated rings. The molecule has 25 heavy (non-hydrogen) atoms. The second-order valence-electron chi connectivity index (χ2n) is 5.09. The number of benzene rings is 2. The predicted molar refractivity (Wildman–Crippen MR) is 110 cm³/mol. The standard InChI is InChI=1S/C15H15BrN2.C3H8O2.C2H6/c1-2-18-14-10-6-5-9-13(14)17-15(18)11-7-3-4-8-12(11)16;1-5-3-2-4;1-2/h3-10,15,17H,2H2,1H3;4H,2-3H2,1H3;1-2H3. The van der Waals surface area contributed by atoms with Crippen molar-refractivity contribution in [3.63, 3.8) is 0 Å². The summed E-state index contributed by atoms with van der Waals surface area (Å²) in [6.45, 7) is 7.74. The summed E-state index contributed by atoms with van der Waals surface area (Å²) in [5.41, 5.74) is 3.76. The van der Waals surface area contributed by atoms with Gasteiger partial charge in [-0.05, 0) is 25.1 Å². The molecule has 4 nitrogen and oxygen atoms in total. The van der Waals surface area contributed by atoms with E-state index in [1.165, 1.54) is 16.9 Å². The number of nitrogens with one attached hydrogen (secondary N) is 1. The summed E-state index contributed by atoms with van der Waals surface area (Å²) in [6.07, 6.45) is 0.211. The Morgan fingerprint density at radius 2 is 1.76 bits per heavy atom. The smallest absolute Gasteiger partial charge is 0.127 e. The summed E-state index contributed by atoms with van der Waals surface area (Å²) in [4.78, 5) is 2.38. The van der Waals surface area contributed by atoms with E-state index >= 15 is 0 Å². The number of hydrogen-bond acceptors (Lipinski definition) is 4. The lowest BCUT2D eigenvalue weighted by atomic mass is 10.1. The van der Waals surface area contributed by atoms with Gasteiger partial charge in [-0.3, -0.25) is 0 Å². The van der Waals surface area contributed by atoms with E-state index in [4.69, 9.17) is 5.11 Å². The van der Waals surface area contributed by atoms with Crippen molar-refractivity contribution in [2.75, 3.05) is 37.1 Å². The molecular weight excluding hydrogens is 380 g/mol. The van der Waals surface area contributed by atoms with Crippen molar-refractivity contribution in [2.45, 2.75) is 26.9 Å². The zero-order valence-corrected chi connectivity index (χ0v) is 17.1. The molecule has 0 bridgehead atoms. The average molecular weight is 409 g/mol. The molecule has 0 amide bonds. The molecule has 1 aliphatic rings. The number of rotatable bonds is 4. The number of hydrogen-bond donors (Lipinski definition) is 2. The Morgan fingerprint density at radius 3 is 2.32 bits per heavy atom. The molecule has 0 aromatic heterocycles. The SMILES string of the molecule is CC.CCN1c2ccccc2NC1c1ccccc1Br.COCCO. The number of anilines is 2. The van der Waals surface area contributed by atoms with E-state index in [1.807, 2.05) is 19.9 Å². The van der Waals surface area contributed by atoms with Crippen LogP contribution >= 0.6 is 15.9 Å². The van der Waals surface area contributed by atoms with Crippen LogP contribution in [0, 0.1) is 0 Å². The molecule has 1 aliphatic heterocycles. The molecule has 0 spiro atoms. The van der Waals surface area contributed by atoms with Crippen LogP contribution in [-0.4, -0.2) is 32.0 Å².